The summed E-state index contributed by atoms with van der Waals surface area (Å²) in [5, 5.41) is 30.6. The first-order chi connectivity index (χ1) is 14.3. The molecular weight excluding hydrogens is 390 g/mol. The lowest BCUT2D eigenvalue weighted by atomic mass is 10.1. The third kappa shape index (κ3) is 10.2. The Morgan fingerprint density at radius 3 is 2.37 bits per heavy atom. The minimum absolute atomic E-state index is 0.0312. The van der Waals surface area contributed by atoms with Crippen molar-refractivity contribution < 1.29 is 29.6 Å². The summed E-state index contributed by atoms with van der Waals surface area (Å²) in [5.41, 5.74) is 5.52. The van der Waals surface area contributed by atoms with Gasteiger partial charge in [0.1, 0.15) is 18.3 Å². The van der Waals surface area contributed by atoms with Gasteiger partial charge in [-0.3, -0.25) is 9.59 Å². The lowest BCUT2D eigenvalue weighted by molar-refractivity contribution is -0.140. The van der Waals surface area contributed by atoms with E-state index in [0.29, 0.717) is 45.5 Å². The fraction of sp³-hybridized carbons (Fsp3) is 0.905. The van der Waals surface area contributed by atoms with Gasteiger partial charge in [0, 0.05) is 45.6 Å². The predicted molar refractivity (Wildman–Crippen MR) is 114 cm³/mol. The van der Waals surface area contributed by atoms with Crippen LogP contribution in [-0.4, -0.2) is 101 Å². The van der Waals surface area contributed by atoms with E-state index < -0.39 is 18.3 Å². The Hall–Kier alpha value is -1.26. The lowest BCUT2D eigenvalue weighted by Crippen LogP contribution is -2.50. The smallest absolute Gasteiger partial charge is 0.222 e. The Morgan fingerprint density at radius 1 is 1.00 bits per heavy atom. The largest absolute Gasteiger partial charge is 0.388 e. The Labute approximate surface area is 180 Å². The normalized spacial score (nSPS) is 25.2. The molecule has 0 aromatic heterocycles. The molecule has 9 heteroatoms. The van der Waals surface area contributed by atoms with E-state index >= 15 is 0 Å². The number of amides is 2. The number of hydrogen-bond acceptors (Lipinski definition) is 7. The molecular formula is C21H41N3O6. The van der Waals surface area contributed by atoms with Crippen LogP contribution in [0.5, 0.6) is 0 Å². The van der Waals surface area contributed by atoms with Crippen LogP contribution in [0.2, 0.25) is 0 Å². The summed E-state index contributed by atoms with van der Waals surface area (Å²) < 4.78 is 5.39. The molecule has 0 saturated carbocycles. The molecule has 0 spiro atoms. The van der Waals surface area contributed by atoms with Crippen molar-refractivity contribution in [3.63, 3.8) is 0 Å². The van der Waals surface area contributed by atoms with Crippen LogP contribution < -0.4 is 5.73 Å². The fourth-order valence-electron chi connectivity index (χ4n) is 3.38. The number of nitrogens with zero attached hydrogens (tertiary/aromatic N) is 2. The van der Waals surface area contributed by atoms with Crippen molar-refractivity contribution in [3.05, 3.63) is 0 Å². The molecule has 5 N–H and O–H groups in total. The number of aliphatic hydroxyl groups excluding tert-OH is 3. The van der Waals surface area contributed by atoms with E-state index in [4.69, 9.17) is 10.5 Å². The zero-order valence-corrected chi connectivity index (χ0v) is 18.5. The highest BCUT2D eigenvalue weighted by atomic mass is 16.5. The number of unbranched alkanes of at least 4 members (excludes halogenated alkanes) is 1. The minimum atomic E-state index is -1.42. The molecule has 176 valence electrons. The number of nitrogens with two attached hydrogens (primary N) is 1. The van der Waals surface area contributed by atoms with Crippen molar-refractivity contribution in [2.75, 3.05) is 45.9 Å². The highest BCUT2D eigenvalue weighted by Gasteiger charge is 2.29. The summed E-state index contributed by atoms with van der Waals surface area (Å²) in [6.45, 7) is 5.79. The minimum Gasteiger partial charge on any atom is -0.388 e. The van der Waals surface area contributed by atoms with Gasteiger partial charge in [0.2, 0.25) is 11.8 Å². The summed E-state index contributed by atoms with van der Waals surface area (Å²) in [5.74, 6) is 0.0222. The number of aliphatic hydroxyl groups is 3. The predicted octanol–water partition coefficient (Wildman–Crippen LogP) is -0.288. The van der Waals surface area contributed by atoms with Crippen LogP contribution in [-0.2, 0) is 14.3 Å². The molecule has 1 saturated heterocycles. The number of β-amino-alcohol motifs (C(OH)–C–C–N with tert-alkyl or cyclic N) is 1. The number of carbonyl (C=O) groups excluding carboxylic acids is 2. The van der Waals surface area contributed by atoms with Gasteiger partial charge in [-0.05, 0) is 38.1 Å². The molecule has 1 fully saturated rings. The van der Waals surface area contributed by atoms with Crippen molar-refractivity contribution in [2.45, 2.75) is 70.7 Å². The number of rotatable bonds is 6. The van der Waals surface area contributed by atoms with E-state index in [1.807, 2.05) is 13.8 Å². The van der Waals surface area contributed by atoms with Crippen LogP contribution in [0, 0.1) is 5.92 Å². The van der Waals surface area contributed by atoms with E-state index in [0.717, 1.165) is 19.3 Å². The van der Waals surface area contributed by atoms with Gasteiger partial charge in [0.15, 0.2) is 0 Å². The van der Waals surface area contributed by atoms with E-state index in [9.17, 15) is 24.9 Å². The van der Waals surface area contributed by atoms with Gasteiger partial charge < -0.3 is 35.6 Å². The van der Waals surface area contributed by atoms with Crippen molar-refractivity contribution in [3.8, 4) is 0 Å². The molecule has 0 aromatic rings. The zero-order valence-electron chi connectivity index (χ0n) is 18.5. The first-order valence-corrected chi connectivity index (χ1v) is 11.1. The topological polar surface area (TPSA) is 137 Å². The molecule has 1 aliphatic heterocycles. The molecule has 0 unspecified atom stereocenters. The maximum Gasteiger partial charge on any atom is 0.222 e. The van der Waals surface area contributed by atoms with Crippen molar-refractivity contribution in [1.82, 2.24) is 9.80 Å². The van der Waals surface area contributed by atoms with E-state index in [1.165, 1.54) is 4.90 Å². The van der Waals surface area contributed by atoms with Crippen LogP contribution in [0.25, 0.3) is 0 Å². The summed E-state index contributed by atoms with van der Waals surface area (Å²) >= 11 is 0. The van der Waals surface area contributed by atoms with Gasteiger partial charge in [-0.1, -0.05) is 13.8 Å². The molecule has 1 aliphatic rings. The Bertz CT molecular complexity index is 505. The molecule has 0 aromatic carbocycles. The van der Waals surface area contributed by atoms with Crippen LogP contribution in [0.4, 0.5) is 0 Å². The van der Waals surface area contributed by atoms with Gasteiger partial charge in [0.05, 0.1) is 6.61 Å². The third-order valence-corrected chi connectivity index (χ3v) is 5.22. The quantitative estimate of drug-likeness (QED) is 0.424. The number of ether oxygens (including phenoxy) is 1. The maximum absolute atomic E-state index is 12.7. The van der Waals surface area contributed by atoms with E-state index in [2.05, 4.69) is 0 Å². The average Bonchev–Trinajstić information content (AvgIpc) is 2.69. The third-order valence-electron chi connectivity index (χ3n) is 5.22. The zero-order chi connectivity index (χ0) is 22.5. The van der Waals surface area contributed by atoms with Crippen molar-refractivity contribution >= 4 is 11.8 Å². The van der Waals surface area contributed by atoms with Gasteiger partial charge in [0.25, 0.3) is 0 Å². The SMILES string of the molecule is CC(C)CC(=O)N1CCN(C(=O)CCCCN)CCCCOC[C@@H](O)[C@H](O)[C@@H](O)C1. The van der Waals surface area contributed by atoms with Crippen LogP contribution >= 0.6 is 0 Å². The molecule has 0 radical (unpaired) electrons. The second-order valence-electron chi connectivity index (χ2n) is 8.47. The Kier molecular flexibility index (Phi) is 13.1. The molecule has 3 atom stereocenters. The van der Waals surface area contributed by atoms with Gasteiger partial charge in [-0.2, -0.15) is 0 Å². The molecule has 1 heterocycles. The maximum atomic E-state index is 12.7. The van der Waals surface area contributed by atoms with Gasteiger partial charge in [-0.15, -0.1) is 0 Å². The number of hydrogen-bond donors (Lipinski definition) is 4. The lowest BCUT2D eigenvalue weighted by Gasteiger charge is -2.32. The highest BCUT2D eigenvalue weighted by Crippen LogP contribution is 2.11. The van der Waals surface area contributed by atoms with E-state index in [1.54, 1.807) is 4.90 Å². The molecule has 30 heavy (non-hydrogen) atoms. The van der Waals surface area contributed by atoms with Crippen molar-refractivity contribution in [1.29, 1.82) is 0 Å². The fourth-order valence-corrected chi connectivity index (χ4v) is 3.38. The first kappa shape index (κ1) is 26.8. The summed E-state index contributed by atoms with van der Waals surface area (Å²) in [6.07, 6.45) is -0.275. The second kappa shape index (κ2) is 14.7. The summed E-state index contributed by atoms with van der Waals surface area (Å²) in [4.78, 5) is 28.6. The molecule has 0 bridgehead atoms. The highest BCUT2D eigenvalue weighted by molar-refractivity contribution is 5.77. The van der Waals surface area contributed by atoms with Crippen LogP contribution in [0.1, 0.15) is 52.4 Å². The van der Waals surface area contributed by atoms with Gasteiger partial charge >= 0.3 is 0 Å². The van der Waals surface area contributed by atoms with E-state index in [-0.39, 0.29) is 37.4 Å². The summed E-state index contributed by atoms with van der Waals surface area (Å²) in [6, 6.07) is 0. The molecule has 1 rings (SSSR count). The van der Waals surface area contributed by atoms with Crippen molar-refractivity contribution in [2.24, 2.45) is 11.7 Å². The standard InChI is InChI=1S/C21H41N3O6/c1-16(2)13-20(28)24-11-10-23(19(27)7-3-4-8-22)9-5-6-12-30-15-18(26)21(29)17(25)14-24/h16-18,21,25-26,29H,3-15,22H2,1-2H3/t17-,18+,21+/m0/s1. The van der Waals surface area contributed by atoms with Gasteiger partial charge in [-0.25, -0.2) is 0 Å². The second-order valence-corrected chi connectivity index (χ2v) is 8.47. The van der Waals surface area contributed by atoms with Crippen LogP contribution in [0.3, 0.4) is 0 Å². The Morgan fingerprint density at radius 2 is 1.70 bits per heavy atom. The molecule has 9 nitrogen and oxygen atoms in total. The first-order valence-electron chi connectivity index (χ1n) is 11.1. The molecule has 0 aliphatic carbocycles. The average molecular weight is 432 g/mol. The number of carbonyl (C=O) groups is 2. The Balaban J connectivity index is 2.90. The monoisotopic (exact) mass is 431 g/mol. The van der Waals surface area contributed by atoms with Crippen LogP contribution in [0.15, 0.2) is 0 Å². The molecule has 2 amide bonds. The summed E-state index contributed by atoms with van der Waals surface area (Å²) in [7, 11) is 0.